The molecule has 1 rings (SSSR count). The molecular weight excluding hydrogens is 150 g/mol. The quantitative estimate of drug-likeness (QED) is 0.686. The molecule has 0 aromatic carbocycles. The molecule has 0 atom stereocenters. The Balaban J connectivity index is 2.81. The standard InChI is InChI=1S/C6H10ClN3/c1-10-4-5(7)6(9-10)2-3-8/h4H,2-3,8H2,1H3. The summed E-state index contributed by atoms with van der Waals surface area (Å²) in [4.78, 5) is 0. The lowest BCUT2D eigenvalue weighted by molar-refractivity contribution is 0.739. The highest BCUT2D eigenvalue weighted by Gasteiger charge is 2.02. The molecule has 2 N–H and O–H groups in total. The number of hydrogen-bond acceptors (Lipinski definition) is 2. The highest BCUT2D eigenvalue weighted by molar-refractivity contribution is 6.31. The van der Waals surface area contributed by atoms with Crippen molar-refractivity contribution in [3.8, 4) is 0 Å². The van der Waals surface area contributed by atoms with Gasteiger partial charge in [0.1, 0.15) is 0 Å². The second kappa shape index (κ2) is 3.03. The van der Waals surface area contributed by atoms with E-state index in [4.69, 9.17) is 17.3 Å². The molecule has 0 radical (unpaired) electrons. The fraction of sp³-hybridized carbons (Fsp3) is 0.500. The van der Waals surface area contributed by atoms with Gasteiger partial charge in [0, 0.05) is 19.7 Å². The minimum Gasteiger partial charge on any atom is -0.330 e. The van der Waals surface area contributed by atoms with Gasteiger partial charge in [0.05, 0.1) is 10.7 Å². The van der Waals surface area contributed by atoms with Gasteiger partial charge in [-0.15, -0.1) is 0 Å². The summed E-state index contributed by atoms with van der Waals surface area (Å²) < 4.78 is 1.69. The first-order valence-corrected chi connectivity index (χ1v) is 3.50. The molecule has 3 nitrogen and oxygen atoms in total. The van der Waals surface area contributed by atoms with Crippen LogP contribution in [0, 0.1) is 0 Å². The lowest BCUT2D eigenvalue weighted by atomic mass is 10.3. The van der Waals surface area contributed by atoms with Crippen molar-refractivity contribution in [1.29, 1.82) is 0 Å². The van der Waals surface area contributed by atoms with Crippen LogP contribution in [0.4, 0.5) is 0 Å². The first-order valence-electron chi connectivity index (χ1n) is 3.12. The Morgan fingerprint density at radius 1 is 1.80 bits per heavy atom. The Morgan fingerprint density at radius 2 is 2.50 bits per heavy atom. The second-order valence-corrected chi connectivity index (χ2v) is 2.54. The Labute approximate surface area is 64.8 Å². The molecule has 0 aliphatic rings. The van der Waals surface area contributed by atoms with E-state index >= 15 is 0 Å². The number of nitrogens with zero attached hydrogens (tertiary/aromatic N) is 2. The van der Waals surface area contributed by atoms with Crippen LogP contribution in [0.15, 0.2) is 6.20 Å². The maximum Gasteiger partial charge on any atom is 0.0823 e. The van der Waals surface area contributed by atoms with Crippen LogP contribution in [-0.4, -0.2) is 16.3 Å². The summed E-state index contributed by atoms with van der Waals surface area (Å²) in [5, 5.41) is 4.81. The SMILES string of the molecule is Cn1cc(Cl)c(CCN)n1. The van der Waals surface area contributed by atoms with Crippen molar-refractivity contribution in [2.45, 2.75) is 6.42 Å². The normalized spacial score (nSPS) is 10.3. The molecule has 0 fully saturated rings. The summed E-state index contributed by atoms with van der Waals surface area (Å²) in [6.45, 7) is 0.594. The number of aryl methyl sites for hydroxylation is 1. The summed E-state index contributed by atoms with van der Waals surface area (Å²) in [6.07, 6.45) is 2.52. The zero-order valence-electron chi connectivity index (χ0n) is 5.84. The Morgan fingerprint density at radius 3 is 2.90 bits per heavy atom. The number of aromatic nitrogens is 2. The van der Waals surface area contributed by atoms with Gasteiger partial charge in [-0.3, -0.25) is 4.68 Å². The van der Waals surface area contributed by atoms with Gasteiger partial charge in [-0.1, -0.05) is 11.6 Å². The van der Waals surface area contributed by atoms with Crippen LogP contribution in [0.5, 0.6) is 0 Å². The van der Waals surface area contributed by atoms with E-state index < -0.39 is 0 Å². The molecule has 0 bridgehead atoms. The van der Waals surface area contributed by atoms with Crippen LogP contribution in [0.3, 0.4) is 0 Å². The number of halogens is 1. The fourth-order valence-electron chi connectivity index (χ4n) is 0.812. The van der Waals surface area contributed by atoms with Crippen molar-refractivity contribution < 1.29 is 0 Å². The third-order valence-electron chi connectivity index (χ3n) is 1.24. The van der Waals surface area contributed by atoms with E-state index in [1.54, 1.807) is 10.9 Å². The molecule has 0 saturated carbocycles. The smallest absolute Gasteiger partial charge is 0.0823 e. The molecule has 0 unspecified atom stereocenters. The lowest BCUT2D eigenvalue weighted by Crippen LogP contribution is -2.03. The van der Waals surface area contributed by atoms with Crippen molar-refractivity contribution in [1.82, 2.24) is 9.78 Å². The predicted molar refractivity (Wildman–Crippen MR) is 41.0 cm³/mol. The van der Waals surface area contributed by atoms with Crippen molar-refractivity contribution in [2.75, 3.05) is 6.54 Å². The molecule has 4 heteroatoms. The minimum atomic E-state index is 0.594. The topological polar surface area (TPSA) is 43.8 Å². The van der Waals surface area contributed by atoms with Gasteiger partial charge in [0.2, 0.25) is 0 Å². The molecule has 1 aromatic rings. The molecule has 0 aliphatic carbocycles. The van der Waals surface area contributed by atoms with Gasteiger partial charge in [0.25, 0.3) is 0 Å². The van der Waals surface area contributed by atoms with Gasteiger partial charge in [-0.25, -0.2) is 0 Å². The number of nitrogens with two attached hydrogens (primary N) is 1. The first-order chi connectivity index (χ1) is 4.74. The molecule has 10 heavy (non-hydrogen) atoms. The number of hydrogen-bond donors (Lipinski definition) is 1. The van der Waals surface area contributed by atoms with E-state index in [9.17, 15) is 0 Å². The summed E-state index contributed by atoms with van der Waals surface area (Å²) in [7, 11) is 1.84. The molecular formula is C6H10ClN3. The van der Waals surface area contributed by atoms with Crippen LogP contribution in [0.2, 0.25) is 5.02 Å². The highest BCUT2D eigenvalue weighted by Crippen LogP contribution is 2.12. The molecule has 0 amide bonds. The van der Waals surface area contributed by atoms with E-state index in [1.807, 2.05) is 7.05 Å². The van der Waals surface area contributed by atoms with Gasteiger partial charge >= 0.3 is 0 Å². The van der Waals surface area contributed by atoms with E-state index in [1.165, 1.54) is 0 Å². The largest absolute Gasteiger partial charge is 0.330 e. The molecule has 56 valence electrons. The van der Waals surface area contributed by atoms with Crippen molar-refractivity contribution in [3.63, 3.8) is 0 Å². The monoisotopic (exact) mass is 159 g/mol. The summed E-state index contributed by atoms with van der Waals surface area (Å²) in [5.74, 6) is 0. The summed E-state index contributed by atoms with van der Waals surface area (Å²) >= 11 is 5.78. The van der Waals surface area contributed by atoms with Gasteiger partial charge in [-0.2, -0.15) is 5.10 Å². The van der Waals surface area contributed by atoms with Crippen LogP contribution < -0.4 is 5.73 Å². The van der Waals surface area contributed by atoms with Gasteiger partial charge < -0.3 is 5.73 Å². The van der Waals surface area contributed by atoms with Crippen molar-refractivity contribution in [2.24, 2.45) is 12.8 Å². The van der Waals surface area contributed by atoms with Gasteiger partial charge in [-0.05, 0) is 6.54 Å². The molecule has 0 saturated heterocycles. The maximum atomic E-state index is 5.78. The van der Waals surface area contributed by atoms with Crippen molar-refractivity contribution >= 4 is 11.6 Å². The van der Waals surface area contributed by atoms with E-state index in [0.29, 0.717) is 11.6 Å². The van der Waals surface area contributed by atoms with E-state index in [-0.39, 0.29) is 0 Å². The average molecular weight is 160 g/mol. The first kappa shape index (κ1) is 7.57. The molecule has 0 aliphatic heterocycles. The Bertz CT molecular complexity index is 219. The number of rotatable bonds is 2. The van der Waals surface area contributed by atoms with Crippen LogP contribution in [0.1, 0.15) is 5.69 Å². The van der Waals surface area contributed by atoms with Gasteiger partial charge in [0.15, 0.2) is 0 Å². The third kappa shape index (κ3) is 1.49. The molecule has 1 heterocycles. The predicted octanol–water partition coefficient (Wildman–Crippen LogP) is 0.575. The highest BCUT2D eigenvalue weighted by atomic mass is 35.5. The third-order valence-corrected chi connectivity index (χ3v) is 1.55. The van der Waals surface area contributed by atoms with Crippen LogP contribution >= 0.6 is 11.6 Å². The molecule has 1 aromatic heterocycles. The summed E-state index contributed by atoms with van der Waals surface area (Å²) in [5.41, 5.74) is 6.21. The lowest BCUT2D eigenvalue weighted by Gasteiger charge is -1.89. The zero-order chi connectivity index (χ0) is 7.56. The Hall–Kier alpha value is -0.540. The van der Waals surface area contributed by atoms with Crippen LogP contribution in [0.25, 0.3) is 0 Å². The summed E-state index contributed by atoms with van der Waals surface area (Å²) in [6, 6.07) is 0. The maximum absolute atomic E-state index is 5.78. The fourth-order valence-corrected chi connectivity index (χ4v) is 1.09. The van der Waals surface area contributed by atoms with E-state index in [2.05, 4.69) is 5.10 Å². The van der Waals surface area contributed by atoms with Crippen LogP contribution in [-0.2, 0) is 13.5 Å². The Kier molecular flexibility index (Phi) is 2.29. The van der Waals surface area contributed by atoms with Crippen molar-refractivity contribution in [3.05, 3.63) is 16.9 Å². The zero-order valence-corrected chi connectivity index (χ0v) is 6.60. The average Bonchev–Trinajstić information content (AvgIpc) is 2.13. The van der Waals surface area contributed by atoms with E-state index in [0.717, 1.165) is 12.1 Å². The minimum absolute atomic E-state index is 0.594. The second-order valence-electron chi connectivity index (χ2n) is 2.14. The molecule has 0 spiro atoms.